The van der Waals surface area contributed by atoms with Crippen LogP contribution in [0.4, 0.5) is 8.78 Å². The summed E-state index contributed by atoms with van der Waals surface area (Å²) in [6.07, 6.45) is 0. The Balaban J connectivity index is 1.28. The second-order valence-corrected chi connectivity index (χ2v) is 6.13. The van der Waals surface area contributed by atoms with E-state index >= 15 is 0 Å². The molecule has 0 spiro atoms. The normalized spacial score (nSPS) is 11.5. The number of H-pyrrole nitrogens is 1. The van der Waals surface area contributed by atoms with E-state index in [2.05, 4.69) is 27.4 Å². The lowest BCUT2D eigenvalue weighted by Gasteiger charge is -2.02. The van der Waals surface area contributed by atoms with Crippen molar-refractivity contribution in [3.63, 3.8) is 0 Å². The summed E-state index contributed by atoms with van der Waals surface area (Å²) in [5, 5.41) is 9.43. The fourth-order valence-electron chi connectivity index (χ4n) is 2.68. The Morgan fingerprint density at radius 2 is 2.00 bits per heavy atom. The standard InChI is InChI=1S/C21H15F2N3O4/c22-14-4-6-18(15(23)10-14)28-8-2-1-7-24-21(27)17-11-16(25-26-17)13-3-5-19-20(9-13)30-12-29-19/h3-6,9-11H,7-8,12H2,(H,24,27)(H,25,26). The third-order valence-electron chi connectivity index (χ3n) is 4.15. The Morgan fingerprint density at radius 1 is 1.13 bits per heavy atom. The van der Waals surface area contributed by atoms with Gasteiger partial charge in [0, 0.05) is 11.6 Å². The topological polar surface area (TPSA) is 85.5 Å². The summed E-state index contributed by atoms with van der Waals surface area (Å²) >= 11 is 0. The number of benzene rings is 2. The molecule has 0 atom stereocenters. The molecular weight excluding hydrogens is 396 g/mol. The van der Waals surface area contributed by atoms with Crippen molar-refractivity contribution in [2.24, 2.45) is 0 Å². The Bertz CT molecular complexity index is 1150. The second-order valence-electron chi connectivity index (χ2n) is 6.13. The maximum atomic E-state index is 13.4. The van der Waals surface area contributed by atoms with Crippen LogP contribution in [0.15, 0.2) is 42.5 Å². The first-order valence-electron chi connectivity index (χ1n) is 8.87. The highest BCUT2D eigenvalue weighted by Gasteiger charge is 2.16. The van der Waals surface area contributed by atoms with Gasteiger partial charge in [-0.15, -0.1) is 0 Å². The number of fused-ring (bicyclic) bond motifs is 1. The summed E-state index contributed by atoms with van der Waals surface area (Å²) < 4.78 is 42.0. The molecule has 3 aromatic rings. The molecular formula is C21H15F2N3O4. The predicted octanol–water partition coefficient (Wildman–Crippen LogP) is 2.90. The van der Waals surface area contributed by atoms with Gasteiger partial charge in [0.25, 0.3) is 5.91 Å². The highest BCUT2D eigenvalue weighted by molar-refractivity contribution is 5.93. The zero-order chi connectivity index (χ0) is 20.9. The summed E-state index contributed by atoms with van der Waals surface area (Å²) in [6, 6.07) is 10.0. The number of hydrogen-bond acceptors (Lipinski definition) is 5. The third-order valence-corrected chi connectivity index (χ3v) is 4.15. The first-order valence-corrected chi connectivity index (χ1v) is 8.87. The molecule has 0 bridgehead atoms. The van der Waals surface area contributed by atoms with E-state index in [0.29, 0.717) is 17.2 Å². The number of aromatic nitrogens is 2. The quantitative estimate of drug-likeness (QED) is 0.631. The molecule has 1 amide bonds. The van der Waals surface area contributed by atoms with Crippen LogP contribution in [0.5, 0.6) is 17.2 Å². The summed E-state index contributed by atoms with van der Waals surface area (Å²) in [6.45, 7) is 0.140. The molecule has 1 aliphatic rings. The van der Waals surface area contributed by atoms with Gasteiger partial charge in [-0.3, -0.25) is 9.89 Å². The van der Waals surface area contributed by atoms with Crippen molar-refractivity contribution in [2.45, 2.75) is 0 Å². The third kappa shape index (κ3) is 4.33. The molecule has 0 saturated heterocycles. The smallest absolute Gasteiger partial charge is 0.270 e. The van der Waals surface area contributed by atoms with Crippen molar-refractivity contribution in [2.75, 3.05) is 19.9 Å². The predicted molar refractivity (Wildman–Crippen MR) is 102 cm³/mol. The van der Waals surface area contributed by atoms with Crippen LogP contribution in [-0.4, -0.2) is 36.0 Å². The van der Waals surface area contributed by atoms with Crippen molar-refractivity contribution >= 4 is 5.91 Å². The summed E-state index contributed by atoms with van der Waals surface area (Å²) in [7, 11) is 0. The van der Waals surface area contributed by atoms with Crippen LogP contribution in [0.3, 0.4) is 0 Å². The van der Waals surface area contributed by atoms with Gasteiger partial charge in [-0.1, -0.05) is 11.8 Å². The van der Waals surface area contributed by atoms with E-state index < -0.39 is 11.6 Å². The summed E-state index contributed by atoms with van der Waals surface area (Å²) in [5.41, 5.74) is 1.63. The number of ether oxygens (including phenoxy) is 3. The number of hydrogen-bond donors (Lipinski definition) is 2. The van der Waals surface area contributed by atoms with E-state index in [0.717, 1.165) is 17.7 Å². The molecule has 7 nitrogen and oxygen atoms in total. The monoisotopic (exact) mass is 411 g/mol. The van der Waals surface area contributed by atoms with Gasteiger partial charge in [0.05, 0.1) is 12.2 Å². The van der Waals surface area contributed by atoms with Crippen LogP contribution >= 0.6 is 0 Å². The number of carbonyl (C=O) groups is 1. The average Bonchev–Trinajstić information content (AvgIpc) is 3.40. The number of halogens is 2. The lowest BCUT2D eigenvalue weighted by Crippen LogP contribution is -2.24. The molecule has 2 aromatic carbocycles. The van der Waals surface area contributed by atoms with Crippen molar-refractivity contribution in [3.05, 3.63) is 59.8 Å². The zero-order valence-corrected chi connectivity index (χ0v) is 15.5. The van der Waals surface area contributed by atoms with Crippen LogP contribution in [0, 0.1) is 23.5 Å². The first-order chi connectivity index (χ1) is 14.6. The number of rotatable bonds is 5. The van der Waals surface area contributed by atoms with Gasteiger partial charge < -0.3 is 19.5 Å². The van der Waals surface area contributed by atoms with Crippen LogP contribution < -0.4 is 19.5 Å². The number of nitrogens with one attached hydrogen (secondary N) is 2. The highest BCUT2D eigenvalue weighted by atomic mass is 19.1. The maximum Gasteiger partial charge on any atom is 0.270 e. The Morgan fingerprint density at radius 3 is 2.87 bits per heavy atom. The summed E-state index contributed by atoms with van der Waals surface area (Å²) in [5.74, 6) is 4.65. The van der Waals surface area contributed by atoms with E-state index in [9.17, 15) is 13.6 Å². The molecule has 0 fully saturated rings. The molecule has 0 radical (unpaired) electrons. The van der Waals surface area contributed by atoms with E-state index in [1.54, 1.807) is 18.2 Å². The molecule has 2 heterocycles. The number of aromatic amines is 1. The Hall–Kier alpha value is -4.06. The lowest BCUT2D eigenvalue weighted by atomic mass is 10.1. The van der Waals surface area contributed by atoms with Gasteiger partial charge in [0.15, 0.2) is 23.1 Å². The van der Waals surface area contributed by atoms with E-state index in [4.69, 9.17) is 14.2 Å². The minimum Gasteiger partial charge on any atom is -0.478 e. The molecule has 1 aromatic heterocycles. The number of nitrogens with zero attached hydrogens (tertiary/aromatic N) is 1. The van der Waals surface area contributed by atoms with Gasteiger partial charge in [-0.25, -0.2) is 8.78 Å². The largest absolute Gasteiger partial charge is 0.478 e. The molecule has 152 valence electrons. The second kappa shape index (κ2) is 8.53. The summed E-state index contributed by atoms with van der Waals surface area (Å²) in [4.78, 5) is 12.2. The highest BCUT2D eigenvalue weighted by Crippen LogP contribution is 2.35. The van der Waals surface area contributed by atoms with Gasteiger partial charge in [0.1, 0.15) is 18.1 Å². The Kier molecular flexibility index (Phi) is 5.48. The van der Waals surface area contributed by atoms with Crippen molar-refractivity contribution in [3.8, 4) is 40.3 Å². The molecule has 30 heavy (non-hydrogen) atoms. The SMILES string of the molecule is O=C(NCC#CCOc1ccc(F)cc1F)c1cc(-c2ccc3c(c2)OCO3)n[nH]1. The minimum absolute atomic E-state index is 0.0620. The number of amides is 1. The minimum atomic E-state index is -0.803. The lowest BCUT2D eigenvalue weighted by molar-refractivity contribution is 0.0953. The molecule has 4 rings (SSSR count). The number of carbonyl (C=O) groups excluding carboxylic acids is 1. The molecule has 0 saturated carbocycles. The van der Waals surface area contributed by atoms with Crippen LogP contribution in [0.25, 0.3) is 11.3 Å². The van der Waals surface area contributed by atoms with Gasteiger partial charge in [-0.05, 0) is 36.4 Å². The average molecular weight is 411 g/mol. The fraction of sp³-hybridized carbons (Fsp3) is 0.143. The van der Waals surface area contributed by atoms with Crippen LogP contribution in [0.2, 0.25) is 0 Å². The van der Waals surface area contributed by atoms with Crippen LogP contribution in [-0.2, 0) is 0 Å². The van der Waals surface area contributed by atoms with Crippen molar-refractivity contribution < 1.29 is 27.8 Å². The molecule has 0 aliphatic carbocycles. The van der Waals surface area contributed by atoms with E-state index in [-0.39, 0.29) is 37.3 Å². The van der Waals surface area contributed by atoms with Crippen molar-refractivity contribution in [1.82, 2.24) is 15.5 Å². The Labute approximate surface area is 170 Å². The van der Waals surface area contributed by atoms with Crippen LogP contribution in [0.1, 0.15) is 10.5 Å². The maximum absolute atomic E-state index is 13.4. The van der Waals surface area contributed by atoms with E-state index in [1.807, 2.05) is 6.07 Å². The van der Waals surface area contributed by atoms with Crippen molar-refractivity contribution in [1.29, 1.82) is 0 Å². The zero-order valence-electron chi connectivity index (χ0n) is 15.5. The van der Waals surface area contributed by atoms with Gasteiger partial charge in [0.2, 0.25) is 6.79 Å². The first kappa shape index (κ1) is 19.3. The molecule has 2 N–H and O–H groups in total. The fourth-order valence-corrected chi connectivity index (χ4v) is 2.68. The van der Waals surface area contributed by atoms with Gasteiger partial charge in [-0.2, -0.15) is 5.10 Å². The molecule has 0 unspecified atom stereocenters. The molecule has 9 heteroatoms. The molecule has 1 aliphatic heterocycles. The van der Waals surface area contributed by atoms with Gasteiger partial charge >= 0.3 is 0 Å². The van der Waals surface area contributed by atoms with E-state index in [1.165, 1.54) is 6.07 Å².